The second-order valence-corrected chi connectivity index (χ2v) is 5.21. The molecule has 0 heterocycles. The number of carboxylic acids is 1. The van der Waals surface area contributed by atoms with Crippen LogP contribution in [0.25, 0.3) is 0 Å². The van der Waals surface area contributed by atoms with Crippen LogP contribution in [0.5, 0.6) is 0 Å². The Kier molecular flexibility index (Phi) is 4.67. The van der Waals surface area contributed by atoms with Crippen LogP contribution in [0.1, 0.15) is 37.8 Å². The number of rotatable bonds is 4. The van der Waals surface area contributed by atoms with Crippen LogP contribution in [-0.4, -0.2) is 22.6 Å². The van der Waals surface area contributed by atoms with Gasteiger partial charge in [0, 0.05) is 6.54 Å². The maximum Gasteiger partial charge on any atom is 0.325 e. The summed E-state index contributed by atoms with van der Waals surface area (Å²) >= 11 is 0. The smallest absolute Gasteiger partial charge is 0.325 e. The Labute approximate surface area is 112 Å². The maximum absolute atomic E-state index is 12.0. The molecular formula is C14H19NO4. The van der Waals surface area contributed by atoms with E-state index < -0.39 is 23.5 Å². The average Bonchev–Trinajstić information content (AvgIpc) is 2.26. The summed E-state index contributed by atoms with van der Waals surface area (Å²) in [6, 6.07) is 6.72. The van der Waals surface area contributed by atoms with Crippen molar-refractivity contribution in [2.45, 2.75) is 38.8 Å². The molecule has 1 atom stereocenters. The molecule has 0 radical (unpaired) electrons. The summed E-state index contributed by atoms with van der Waals surface area (Å²) in [5, 5.41) is 9.27. The Morgan fingerprint density at radius 1 is 1.32 bits per heavy atom. The molecule has 1 unspecified atom stereocenters. The molecule has 0 amide bonds. The molecule has 1 rings (SSSR count). The number of carbonyl (C=O) groups is 2. The molecule has 5 nitrogen and oxygen atoms in total. The lowest BCUT2D eigenvalue weighted by atomic mass is 9.94. The van der Waals surface area contributed by atoms with Crippen LogP contribution in [0.15, 0.2) is 24.3 Å². The molecule has 0 spiro atoms. The van der Waals surface area contributed by atoms with Gasteiger partial charge in [-0.2, -0.15) is 0 Å². The maximum atomic E-state index is 12.0. The van der Waals surface area contributed by atoms with E-state index in [-0.39, 0.29) is 6.54 Å². The zero-order chi connectivity index (χ0) is 14.6. The number of benzene rings is 1. The van der Waals surface area contributed by atoms with E-state index in [2.05, 4.69) is 0 Å². The van der Waals surface area contributed by atoms with Crippen molar-refractivity contribution < 1.29 is 19.4 Å². The Bertz CT molecular complexity index is 477. The molecule has 19 heavy (non-hydrogen) atoms. The molecule has 0 aliphatic rings. The largest absolute Gasteiger partial charge is 0.480 e. The van der Waals surface area contributed by atoms with E-state index >= 15 is 0 Å². The number of carbonyl (C=O) groups excluding carboxylic acids is 1. The number of esters is 1. The van der Waals surface area contributed by atoms with Crippen LogP contribution < -0.4 is 5.73 Å². The minimum Gasteiger partial charge on any atom is -0.480 e. The van der Waals surface area contributed by atoms with Gasteiger partial charge in [0.15, 0.2) is 5.92 Å². The monoisotopic (exact) mass is 265 g/mol. The summed E-state index contributed by atoms with van der Waals surface area (Å²) in [6.45, 7) is 5.25. The predicted molar refractivity (Wildman–Crippen MR) is 70.6 cm³/mol. The van der Waals surface area contributed by atoms with Gasteiger partial charge in [0.1, 0.15) is 5.60 Å². The van der Waals surface area contributed by atoms with E-state index in [9.17, 15) is 14.7 Å². The van der Waals surface area contributed by atoms with Crippen molar-refractivity contribution in [3.63, 3.8) is 0 Å². The molecule has 0 bridgehead atoms. The number of aliphatic carboxylic acids is 1. The van der Waals surface area contributed by atoms with Crippen molar-refractivity contribution in [2.24, 2.45) is 5.73 Å². The van der Waals surface area contributed by atoms with Crippen molar-refractivity contribution in [3.05, 3.63) is 35.4 Å². The van der Waals surface area contributed by atoms with Crippen LogP contribution in [0.4, 0.5) is 0 Å². The highest BCUT2D eigenvalue weighted by molar-refractivity contribution is 6.00. The quantitative estimate of drug-likeness (QED) is 0.638. The summed E-state index contributed by atoms with van der Waals surface area (Å²) in [4.78, 5) is 23.4. The molecule has 0 aromatic heterocycles. The third-order valence-electron chi connectivity index (χ3n) is 2.48. The molecule has 104 valence electrons. The summed E-state index contributed by atoms with van der Waals surface area (Å²) < 4.78 is 5.15. The second kappa shape index (κ2) is 5.84. The Morgan fingerprint density at radius 3 is 2.37 bits per heavy atom. The number of hydrogen-bond acceptors (Lipinski definition) is 4. The zero-order valence-electron chi connectivity index (χ0n) is 11.3. The normalized spacial score (nSPS) is 12.8. The second-order valence-electron chi connectivity index (χ2n) is 5.21. The van der Waals surface area contributed by atoms with Gasteiger partial charge >= 0.3 is 11.9 Å². The van der Waals surface area contributed by atoms with Crippen LogP contribution in [0, 0.1) is 0 Å². The van der Waals surface area contributed by atoms with Gasteiger partial charge in [-0.25, -0.2) is 0 Å². The lowest BCUT2D eigenvalue weighted by Gasteiger charge is -2.23. The molecule has 0 fully saturated rings. The van der Waals surface area contributed by atoms with Gasteiger partial charge in [-0.15, -0.1) is 0 Å². The van der Waals surface area contributed by atoms with Gasteiger partial charge in [-0.3, -0.25) is 9.59 Å². The lowest BCUT2D eigenvalue weighted by molar-refractivity contribution is -0.162. The van der Waals surface area contributed by atoms with Gasteiger partial charge in [-0.1, -0.05) is 24.3 Å². The van der Waals surface area contributed by atoms with Crippen LogP contribution >= 0.6 is 0 Å². The molecule has 1 aromatic carbocycles. The Morgan fingerprint density at radius 2 is 1.89 bits per heavy atom. The van der Waals surface area contributed by atoms with Gasteiger partial charge in [0.05, 0.1) is 0 Å². The Hall–Kier alpha value is -1.88. The number of hydrogen-bond donors (Lipinski definition) is 2. The number of carboxylic acid groups (broad SMARTS) is 1. The van der Waals surface area contributed by atoms with Gasteiger partial charge < -0.3 is 15.6 Å². The van der Waals surface area contributed by atoms with Crippen molar-refractivity contribution in [2.75, 3.05) is 0 Å². The van der Waals surface area contributed by atoms with Crippen molar-refractivity contribution in [1.29, 1.82) is 0 Å². The topological polar surface area (TPSA) is 89.6 Å². The van der Waals surface area contributed by atoms with Gasteiger partial charge in [0.2, 0.25) is 0 Å². The first-order valence-corrected chi connectivity index (χ1v) is 6.00. The molecule has 3 N–H and O–H groups in total. The first-order chi connectivity index (χ1) is 8.76. The van der Waals surface area contributed by atoms with E-state index in [1.54, 1.807) is 45.0 Å². The minimum atomic E-state index is -1.35. The first-order valence-electron chi connectivity index (χ1n) is 6.00. The summed E-state index contributed by atoms with van der Waals surface area (Å²) in [6.07, 6.45) is 0. The summed E-state index contributed by atoms with van der Waals surface area (Å²) in [5.41, 5.74) is 5.84. The van der Waals surface area contributed by atoms with Gasteiger partial charge in [0.25, 0.3) is 0 Å². The fourth-order valence-corrected chi connectivity index (χ4v) is 1.72. The Balaban J connectivity index is 3.14. The molecule has 0 saturated carbocycles. The fraction of sp³-hybridized carbons (Fsp3) is 0.429. The van der Waals surface area contributed by atoms with Crippen LogP contribution in [-0.2, 0) is 20.9 Å². The zero-order valence-corrected chi connectivity index (χ0v) is 11.3. The molecular weight excluding hydrogens is 246 g/mol. The van der Waals surface area contributed by atoms with Crippen LogP contribution in [0.3, 0.4) is 0 Å². The lowest BCUT2D eigenvalue weighted by Crippen LogP contribution is -2.32. The van der Waals surface area contributed by atoms with E-state index in [0.29, 0.717) is 11.1 Å². The van der Waals surface area contributed by atoms with Crippen molar-refractivity contribution in [1.82, 2.24) is 0 Å². The molecule has 1 aromatic rings. The van der Waals surface area contributed by atoms with E-state index in [1.165, 1.54) is 0 Å². The van der Waals surface area contributed by atoms with E-state index in [4.69, 9.17) is 10.5 Å². The first kappa shape index (κ1) is 15.2. The van der Waals surface area contributed by atoms with E-state index in [1.807, 2.05) is 0 Å². The average molecular weight is 265 g/mol. The number of nitrogens with two attached hydrogens (primary N) is 1. The SMILES string of the molecule is CC(C)(C)OC(=O)C(C(=O)O)c1ccccc1CN. The number of ether oxygens (including phenoxy) is 1. The van der Waals surface area contributed by atoms with Crippen molar-refractivity contribution in [3.8, 4) is 0 Å². The summed E-state index contributed by atoms with van der Waals surface area (Å²) in [5.74, 6) is -3.37. The highest BCUT2D eigenvalue weighted by Crippen LogP contribution is 2.24. The van der Waals surface area contributed by atoms with E-state index in [0.717, 1.165) is 0 Å². The molecule has 0 saturated heterocycles. The standard InChI is InChI=1S/C14H19NO4/c1-14(2,3)19-13(18)11(12(16)17)10-7-5-4-6-9(10)8-15/h4-7,11H,8,15H2,1-3H3,(H,16,17). The minimum absolute atomic E-state index is 0.169. The van der Waals surface area contributed by atoms with Crippen molar-refractivity contribution >= 4 is 11.9 Å². The van der Waals surface area contributed by atoms with Gasteiger partial charge in [-0.05, 0) is 31.9 Å². The highest BCUT2D eigenvalue weighted by atomic mass is 16.6. The predicted octanol–water partition coefficient (Wildman–Crippen LogP) is 1.66. The fourth-order valence-electron chi connectivity index (χ4n) is 1.72. The summed E-state index contributed by atoms with van der Waals surface area (Å²) in [7, 11) is 0. The molecule has 0 aliphatic heterocycles. The highest BCUT2D eigenvalue weighted by Gasteiger charge is 2.33. The van der Waals surface area contributed by atoms with Crippen LogP contribution in [0.2, 0.25) is 0 Å². The molecule has 5 heteroatoms. The third kappa shape index (κ3) is 4.06. The third-order valence-corrected chi connectivity index (χ3v) is 2.48. The molecule has 0 aliphatic carbocycles.